The summed E-state index contributed by atoms with van der Waals surface area (Å²) < 4.78 is 8.48. The second-order valence-electron chi connectivity index (χ2n) is 15.4. The van der Waals surface area contributed by atoms with Gasteiger partial charge in [-0.2, -0.15) is 0 Å². The summed E-state index contributed by atoms with van der Waals surface area (Å²) in [6, 6.07) is 19.0. The Morgan fingerprint density at radius 3 is 2.33 bits per heavy atom. The fourth-order valence-electron chi connectivity index (χ4n) is 7.52. The quantitative estimate of drug-likeness (QED) is 0.0865. The van der Waals surface area contributed by atoms with Gasteiger partial charge in [-0.15, -0.1) is 0 Å². The van der Waals surface area contributed by atoms with Crippen LogP contribution < -0.4 is 10.1 Å². The number of carbonyl (C=O) groups is 1. The van der Waals surface area contributed by atoms with Crippen LogP contribution in [0, 0.1) is 19.8 Å². The zero-order chi connectivity index (χ0) is 39.9. The third-order valence-electron chi connectivity index (χ3n) is 11.4. The summed E-state index contributed by atoms with van der Waals surface area (Å²) in [5.74, 6) is 1.69. The summed E-state index contributed by atoms with van der Waals surface area (Å²) in [6.45, 7) is 24.7. The van der Waals surface area contributed by atoms with Crippen LogP contribution in [-0.4, -0.2) is 42.1 Å². The number of anilines is 1. The summed E-state index contributed by atoms with van der Waals surface area (Å²) in [5.41, 5.74) is 11.2. The summed E-state index contributed by atoms with van der Waals surface area (Å²) in [6.07, 6.45) is 18.3. The Morgan fingerprint density at radius 2 is 1.67 bits per heavy atom. The van der Waals surface area contributed by atoms with E-state index in [4.69, 9.17) is 4.74 Å². The minimum Gasteiger partial charge on any atom is -0.496 e. The fraction of sp³-hybridized carbons (Fsp3) is 0.460. The summed E-state index contributed by atoms with van der Waals surface area (Å²) in [4.78, 5) is 16.2. The highest BCUT2D eigenvalue weighted by molar-refractivity contribution is 6.04. The molecule has 5 nitrogen and oxygen atoms in total. The fourth-order valence-corrected chi connectivity index (χ4v) is 7.52. The molecule has 296 valence electrons. The van der Waals surface area contributed by atoms with E-state index in [2.05, 4.69) is 137 Å². The van der Waals surface area contributed by atoms with Crippen molar-refractivity contribution in [2.75, 3.05) is 32.1 Å². The molecule has 5 heteroatoms. The van der Waals surface area contributed by atoms with Gasteiger partial charge in [0.15, 0.2) is 0 Å². The highest BCUT2D eigenvalue weighted by Crippen LogP contribution is 2.39. The molecule has 4 aromatic rings. The predicted molar refractivity (Wildman–Crippen MR) is 238 cm³/mol. The third kappa shape index (κ3) is 11.6. The van der Waals surface area contributed by atoms with Crippen molar-refractivity contribution in [3.63, 3.8) is 0 Å². The van der Waals surface area contributed by atoms with E-state index in [-0.39, 0.29) is 11.8 Å². The Labute approximate surface area is 333 Å². The number of rotatable bonds is 21. The lowest BCUT2D eigenvalue weighted by Gasteiger charge is -2.23. The van der Waals surface area contributed by atoms with Gasteiger partial charge in [-0.05, 0) is 149 Å². The number of amides is 1. The molecule has 2 unspecified atom stereocenters. The van der Waals surface area contributed by atoms with Crippen molar-refractivity contribution in [2.24, 2.45) is 5.92 Å². The van der Waals surface area contributed by atoms with Crippen molar-refractivity contribution in [1.29, 1.82) is 0 Å². The lowest BCUT2D eigenvalue weighted by molar-refractivity contribution is 0.102. The maximum absolute atomic E-state index is 13.6. The number of benzene rings is 3. The minimum atomic E-state index is -0.131. The van der Waals surface area contributed by atoms with Gasteiger partial charge in [0.1, 0.15) is 5.75 Å². The molecule has 0 aliphatic heterocycles. The normalized spacial score (nSPS) is 13.4. The molecule has 0 saturated carbocycles. The number of allylic oxidation sites excluding steroid dienone is 6. The topological polar surface area (TPSA) is 46.5 Å². The maximum Gasteiger partial charge on any atom is 0.255 e. The van der Waals surface area contributed by atoms with Crippen LogP contribution >= 0.6 is 0 Å². The molecule has 4 rings (SSSR count). The molecule has 0 spiro atoms. The Kier molecular flexibility index (Phi) is 17.1. The largest absolute Gasteiger partial charge is 0.496 e. The molecule has 0 radical (unpaired) electrons. The zero-order valence-corrected chi connectivity index (χ0v) is 35.7. The molecule has 1 N–H and O–H groups in total. The van der Waals surface area contributed by atoms with Gasteiger partial charge in [-0.25, -0.2) is 0 Å². The van der Waals surface area contributed by atoms with Crippen molar-refractivity contribution < 1.29 is 9.53 Å². The van der Waals surface area contributed by atoms with Crippen molar-refractivity contribution in [3.8, 4) is 5.75 Å². The van der Waals surface area contributed by atoms with E-state index in [0.717, 1.165) is 72.8 Å². The molecule has 0 saturated heterocycles. The van der Waals surface area contributed by atoms with E-state index in [9.17, 15) is 4.79 Å². The molecule has 0 fully saturated rings. The number of aryl methyl sites for hydroxylation is 2. The van der Waals surface area contributed by atoms with Gasteiger partial charge in [-0.1, -0.05) is 96.5 Å². The van der Waals surface area contributed by atoms with Gasteiger partial charge >= 0.3 is 0 Å². The van der Waals surface area contributed by atoms with Crippen LogP contribution in [0.3, 0.4) is 0 Å². The smallest absolute Gasteiger partial charge is 0.255 e. The van der Waals surface area contributed by atoms with Crippen molar-refractivity contribution in [1.82, 2.24) is 9.47 Å². The molecule has 0 aliphatic rings. The van der Waals surface area contributed by atoms with Crippen LogP contribution in [0.25, 0.3) is 16.5 Å². The molecule has 1 amide bonds. The first-order valence-electron chi connectivity index (χ1n) is 21.0. The van der Waals surface area contributed by atoms with Gasteiger partial charge in [0.25, 0.3) is 5.91 Å². The van der Waals surface area contributed by atoms with E-state index in [1.807, 2.05) is 25.1 Å². The van der Waals surface area contributed by atoms with Crippen LogP contribution in [0.15, 0.2) is 85.0 Å². The van der Waals surface area contributed by atoms with Crippen LogP contribution in [-0.2, 0) is 13.0 Å². The van der Waals surface area contributed by atoms with E-state index in [1.165, 1.54) is 65.6 Å². The molecule has 1 aromatic heterocycles. The highest BCUT2D eigenvalue weighted by atomic mass is 16.5. The lowest BCUT2D eigenvalue weighted by Crippen LogP contribution is -2.28. The van der Waals surface area contributed by atoms with Gasteiger partial charge in [0, 0.05) is 46.0 Å². The second kappa shape index (κ2) is 21.7. The average Bonchev–Trinajstić information content (AvgIpc) is 3.43. The van der Waals surface area contributed by atoms with Crippen LogP contribution in [0.2, 0.25) is 0 Å². The average molecular weight is 744 g/mol. The number of fused-ring (bicyclic) bond motifs is 1. The number of aromatic nitrogens is 1. The van der Waals surface area contributed by atoms with Crippen LogP contribution in [0.5, 0.6) is 5.75 Å². The van der Waals surface area contributed by atoms with Crippen molar-refractivity contribution >= 4 is 28.1 Å². The monoisotopic (exact) mass is 744 g/mol. The predicted octanol–water partition coefficient (Wildman–Crippen LogP) is 13.1. The Hall–Kier alpha value is -4.35. The second-order valence-corrected chi connectivity index (χ2v) is 15.4. The molecular formula is C50H69N3O2. The summed E-state index contributed by atoms with van der Waals surface area (Å²) in [5, 5.41) is 4.51. The number of nitrogens with zero attached hydrogens (tertiary/aromatic N) is 2. The van der Waals surface area contributed by atoms with Crippen LogP contribution in [0.4, 0.5) is 5.69 Å². The molecule has 55 heavy (non-hydrogen) atoms. The molecular weight excluding hydrogens is 675 g/mol. The van der Waals surface area contributed by atoms with E-state index in [1.54, 1.807) is 7.11 Å². The zero-order valence-electron chi connectivity index (χ0n) is 35.7. The standard InChI is InChI=1S/C50H69N3O2/c1-11-16-17-20-42(19-12-2)49-45(37(7)15-5)34-44(35-48(49)55-10)51-50(54)43-24-21-40(22-25-43)32-41-23-26-47-46(33-41)38(8)39(9)53(47)30-18-29-52(28-13-3)31-27-36(6)14-4/h12,16-17,19-26,33-37H,11,13-15,18,27-32H2,1-10H3,(H,51,54)/b17-16+,19-12-,42-20+. The van der Waals surface area contributed by atoms with E-state index < -0.39 is 0 Å². The van der Waals surface area contributed by atoms with Gasteiger partial charge < -0.3 is 19.5 Å². The first-order valence-corrected chi connectivity index (χ1v) is 21.0. The number of hydrogen-bond acceptors (Lipinski definition) is 3. The lowest BCUT2D eigenvalue weighted by atomic mass is 9.88. The molecule has 3 aromatic carbocycles. The molecule has 0 aliphatic carbocycles. The summed E-state index contributed by atoms with van der Waals surface area (Å²) in [7, 11) is 1.70. The SMILES string of the molecule is C\C=C/C(=C\C=C\CC)c1c(OC)cc(NC(=O)c2ccc(Cc3ccc4c(c3)c(C)c(C)n4CCCN(CCC)CCC(C)CC)cc2)cc1C(C)CC. The van der Waals surface area contributed by atoms with Gasteiger partial charge in [-0.3, -0.25) is 4.79 Å². The molecule has 2 atom stereocenters. The third-order valence-corrected chi connectivity index (χ3v) is 11.4. The number of carbonyl (C=O) groups excluding carboxylic acids is 1. The van der Waals surface area contributed by atoms with Crippen molar-refractivity contribution in [3.05, 3.63) is 124 Å². The number of methoxy groups -OCH3 is 1. The van der Waals surface area contributed by atoms with Gasteiger partial charge in [0.05, 0.1) is 7.11 Å². The van der Waals surface area contributed by atoms with E-state index in [0.29, 0.717) is 5.56 Å². The minimum absolute atomic E-state index is 0.131. The molecule has 0 bridgehead atoms. The summed E-state index contributed by atoms with van der Waals surface area (Å²) >= 11 is 0. The number of ether oxygens (including phenoxy) is 1. The number of hydrogen-bond donors (Lipinski definition) is 1. The maximum atomic E-state index is 13.6. The Balaban J connectivity index is 1.48. The van der Waals surface area contributed by atoms with E-state index >= 15 is 0 Å². The Morgan fingerprint density at radius 1 is 0.927 bits per heavy atom. The van der Waals surface area contributed by atoms with Gasteiger partial charge in [0.2, 0.25) is 0 Å². The highest BCUT2D eigenvalue weighted by Gasteiger charge is 2.20. The first kappa shape index (κ1) is 43.4. The van der Waals surface area contributed by atoms with Crippen LogP contribution in [0.1, 0.15) is 137 Å². The molecule has 1 heterocycles. The number of nitrogens with one attached hydrogen (secondary N) is 1. The Bertz CT molecular complexity index is 1930. The van der Waals surface area contributed by atoms with Crippen molar-refractivity contribution in [2.45, 2.75) is 120 Å². The first-order chi connectivity index (χ1) is 26.6.